The summed E-state index contributed by atoms with van der Waals surface area (Å²) in [5.74, 6) is -4.16. The van der Waals surface area contributed by atoms with E-state index in [9.17, 15) is 29.4 Å². The summed E-state index contributed by atoms with van der Waals surface area (Å²) < 4.78 is 5.65. The zero-order chi connectivity index (χ0) is 30.2. The van der Waals surface area contributed by atoms with Gasteiger partial charge in [0, 0.05) is 48.0 Å². The topological polar surface area (TPSA) is 228 Å². The average Bonchev–Trinajstić information content (AvgIpc) is 3.60. The zero-order valence-corrected chi connectivity index (χ0v) is 23.6. The minimum absolute atomic E-state index is 0.0194. The number of carbonyl (C=O) groups excluding carboxylic acids is 2. The number of thioether (sulfide) groups is 1. The van der Waals surface area contributed by atoms with Gasteiger partial charge >= 0.3 is 11.9 Å². The summed E-state index contributed by atoms with van der Waals surface area (Å²) in [6, 6.07) is 2.53. The van der Waals surface area contributed by atoms with E-state index < -0.39 is 46.5 Å². The van der Waals surface area contributed by atoms with E-state index in [1.165, 1.54) is 25.6 Å². The number of carboxylic acid groups (broad SMARTS) is 2. The first kappa shape index (κ1) is 28.7. The van der Waals surface area contributed by atoms with E-state index in [-0.39, 0.29) is 29.0 Å². The Bertz CT molecular complexity index is 1630. The van der Waals surface area contributed by atoms with Crippen molar-refractivity contribution in [3.8, 4) is 11.3 Å². The molecule has 1 fully saturated rings. The quantitative estimate of drug-likeness (QED) is 0.138. The van der Waals surface area contributed by atoms with Gasteiger partial charge in [0.1, 0.15) is 17.1 Å². The van der Waals surface area contributed by atoms with Crippen molar-refractivity contribution in [3.63, 3.8) is 0 Å². The van der Waals surface area contributed by atoms with Gasteiger partial charge in [0.05, 0.1) is 12.0 Å². The zero-order valence-electron chi connectivity index (χ0n) is 22.0. The van der Waals surface area contributed by atoms with E-state index >= 15 is 0 Å². The molecule has 16 nitrogen and oxygen atoms in total. The van der Waals surface area contributed by atoms with Gasteiger partial charge in [-0.2, -0.15) is 9.36 Å². The van der Waals surface area contributed by atoms with Crippen LogP contribution in [0.3, 0.4) is 0 Å². The predicted molar refractivity (Wildman–Crippen MR) is 149 cm³/mol. The molecule has 0 aliphatic carbocycles. The van der Waals surface area contributed by atoms with Crippen molar-refractivity contribution >= 4 is 57.9 Å². The van der Waals surface area contributed by atoms with E-state index in [0.717, 1.165) is 22.0 Å². The lowest BCUT2D eigenvalue weighted by atomic mass is 10.0. The molecule has 2 amide bonds. The number of anilines is 1. The van der Waals surface area contributed by atoms with Crippen LogP contribution in [0.1, 0.15) is 19.7 Å². The van der Waals surface area contributed by atoms with Gasteiger partial charge in [0.15, 0.2) is 5.13 Å². The number of β-lactam (4-membered cyclic amide) rings is 1. The number of oxime groups is 1. The number of carbonyl (C=O) groups is 4. The highest BCUT2D eigenvalue weighted by molar-refractivity contribution is 8.00. The second-order valence-corrected chi connectivity index (χ2v) is 11.5. The number of nitrogens with zero attached hydrogens (tertiary/aromatic N) is 7. The summed E-state index contributed by atoms with van der Waals surface area (Å²) >= 11 is 2.05. The third kappa shape index (κ3) is 5.53. The first-order valence-corrected chi connectivity index (χ1v) is 14.0. The monoisotopic (exact) mass is 613 g/mol. The Morgan fingerprint density at radius 2 is 2.10 bits per heavy atom. The molecule has 3 aromatic rings. The van der Waals surface area contributed by atoms with Crippen molar-refractivity contribution in [2.24, 2.45) is 5.16 Å². The smallest absolute Gasteiger partial charge is 0.352 e. The van der Waals surface area contributed by atoms with E-state index in [1.54, 1.807) is 35.6 Å². The number of hydrogen-bond donors (Lipinski definition) is 4. The summed E-state index contributed by atoms with van der Waals surface area (Å²) in [4.78, 5) is 68.6. The Hall–Kier alpha value is -4.84. The number of rotatable bonds is 10. The summed E-state index contributed by atoms with van der Waals surface area (Å²) in [5.41, 5.74) is 5.13. The number of fused-ring (bicyclic) bond motifs is 1. The van der Waals surface area contributed by atoms with Crippen LogP contribution in [0.2, 0.25) is 0 Å². The molecule has 0 saturated carbocycles. The van der Waals surface area contributed by atoms with Crippen molar-refractivity contribution in [2.75, 3.05) is 11.5 Å². The Labute approximate surface area is 245 Å². The van der Waals surface area contributed by atoms with Crippen LogP contribution in [0, 0.1) is 0 Å². The highest BCUT2D eigenvalue weighted by Gasteiger charge is 2.54. The molecule has 2 atom stereocenters. The molecule has 5 N–H and O–H groups in total. The normalized spacial score (nSPS) is 18.8. The van der Waals surface area contributed by atoms with E-state index in [1.807, 2.05) is 6.07 Å². The molecule has 0 radical (unpaired) electrons. The third-order valence-corrected chi connectivity index (χ3v) is 8.13. The highest BCUT2D eigenvalue weighted by Crippen LogP contribution is 2.41. The Morgan fingerprint density at radius 1 is 1.31 bits per heavy atom. The van der Waals surface area contributed by atoms with Crippen molar-refractivity contribution in [3.05, 3.63) is 54.1 Å². The van der Waals surface area contributed by atoms with E-state index in [4.69, 9.17) is 10.6 Å². The van der Waals surface area contributed by atoms with Gasteiger partial charge in [-0.25, -0.2) is 14.6 Å². The van der Waals surface area contributed by atoms with Gasteiger partial charge in [-0.1, -0.05) is 5.16 Å². The number of hydrogen-bond acceptors (Lipinski definition) is 13. The van der Waals surface area contributed by atoms with Gasteiger partial charge in [0.2, 0.25) is 17.1 Å². The molecular weight excluding hydrogens is 590 g/mol. The number of nitrogens with one attached hydrogen (secondary N) is 1. The number of pyridine rings is 1. The standard InChI is InChI=1S/C24H23N9O7S2/c1-24(2,22(38)39)40-30-14(17-29-23(25)42-31-17)18(34)28-15-19(35)33-16(21(36)37)12(9-41-20(15)33)7-32-8-13(27-10-32)11-4-3-5-26-6-11/h3-6,8,10,15,20H,7,9H2,1-2H3,(H,28,34)(H,36,37)(H,38,39)(H2,25,29,31)/b30-14-/t15-,20?/m1/s1. The maximum absolute atomic E-state index is 13.2. The fourth-order valence-corrected chi connectivity index (χ4v) is 5.83. The maximum atomic E-state index is 13.2. The molecule has 1 saturated heterocycles. The van der Waals surface area contributed by atoms with Crippen LogP contribution in [0.4, 0.5) is 5.13 Å². The molecule has 218 valence electrons. The summed E-state index contributed by atoms with van der Waals surface area (Å²) in [7, 11) is 0. The second-order valence-electron chi connectivity index (χ2n) is 9.59. The van der Waals surface area contributed by atoms with E-state index in [0.29, 0.717) is 11.3 Å². The van der Waals surface area contributed by atoms with Crippen LogP contribution in [0.5, 0.6) is 0 Å². The van der Waals surface area contributed by atoms with Gasteiger partial charge in [-0.15, -0.1) is 11.8 Å². The van der Waals surface area contributed by atoms with Crippen molar-refractivity contribution in [2.45, 2.75) is 37.4 Å². The number of nitrogens with two attached hydrogens (primary N) is 1. The molecule has 18 heteroatoms. The predicted octanol–water partition coefficient (Wildman–Crippen LogP) is 0.402. The number of nitrogen functional groups attached to an aromatic ring is 1. The lowest BCUT2D eigenvalue weighted by molar-refractivity contribution is -0.161. The maximum Gasteiger partial charge on any atom is 0.352 e. The van der Waals surface area contributed by atoms with Gasteiger partial charge in [0.25, 0.3) is 11.8 Å². The largest absolute Gasteiger partial charge is 0.478 e. The lowest BCUT2D eigenvalue weighted by Crippen LogP contribution is -2.71. The highest BCUT2D eigenvalue weighted by atomic mass is 32.2. The fourth-order valence-electron chi connectivity index (χ4n) is 4.06. The molecular formula is C24H23N9O7S2. The minimum Gasteiger partial charge on any atom is -0.478 e. The average molecular weight is 614 g/mol. The van der Waals surface area contributed by atoms with Gasteiger partial charge < -0.3 is 30.7 Å². The van der Waals surface area contributed by atoms with Crippen molar-refractivity contribution < 1.29 is 34.2 Å². The van der Waals surface area contributed by atoms with Crippen LogP contribution < -0.4 is 11.1 Å². The molecule has 5 rings (SSSR count). The first-order valence-electron chi connectivity index (χ1n) is 12.2. The van der Waals surface area contributed by atoms with E-state index in [2.05, 4.69) is 29.8 Å². The fraction of sp³-hybridized carbons (Fsp3) is 0.292. The Morgan fingerprint density at radius 3 is 2.74 bits per heavy atom. The summed E-state index contributed by atoms with van der Waals surface area (Å²) in [5, 5.41) is 24.8. The lowest BCUT2D eigenvalue weighted by Gasteiger charge is -2.49. The Balaban J connectivity index is 1.34. The van der Waals surface area contributed by atoms with Crippen LogP contribution in [-0.2, 0) is 30.6 Å². The molecule has 2 aliphatic rings. The molecule has 3 aromatic heterocycles. The molecule has 42 heavy (non-hydrogen) atoms. The number of amides is 2. The van der Waals surface area contributed by atoms with Gasteiger partial charge in [-0.3, -0.25) is 19.5 Å². The number of carboxylic acids is 2. The molecule has 1 unspecified atom stereocenters. The molecule has 5 heterocycles. The summed E-state index contributed by atoms with van der Waals surface area (Å²) in [6.07, 6.45) is 6.64. The molecule has 0 spiro atoms. The van der Waals surface area contributed by atoms with Gasteiger partial charge in [-0.05, 0) is 31.6 Å². The Kier molecular flexibility index (Phi) is 7.65. The summed E-state index contributed by atoms with van der Waals surface area (Å²) in [6.45, 7) is 2.63. The van der Waals surface area contributed by atoms with Crippen molar-refractivity contribution in [1.29, 1.82) is 0 Å². The second kappa shape index (κ2) is 11.2. The first-order chi connectivity index (χ1) is 20.0. The van der Waals surface area contributed by atoms with Crippen LogP contribution in [0.15, 0.2) is 53.5 Å². The minimum atomic E-state index is -1.79. The number of imidazole rings is 1. The molecule has 0 aromatic carbocycles. The third-order valence-electron chi connectivity index (χ3n) is 6.25. The number of aromatic nitrogens is 5. The SMILES string of the molecule is CC(C)(O/N=C(\C(=O)N[C@@H]1C(=O)N2C(C(=O)O)=C(Cn3cnc(-c4cccnc4)c3)CSC12)c1nsc(N)n1)C(=O)O. The van der Waals surface area contributed by atoms with Crippen LogP contribution >= 0.6 is 23.3 Å². The molecule has 0 bridgehead atoms. The number of aliphatic carboxylic acids is 2. The van der Waals surface area contributed by atoms with Crippen LogP contribution in [-0.4, -0.2) is 91.2 Å². The van der Waals surface area contributed by atoms with Crippen molar-refractivity contribution in [1.82, 2.24) is 34.1 Å². The van der Waals surface area contributed by atoms with Crippen LogP contribution in [0.25, 0.3) is 11.3 Å². The molecule has 2 aliphatic heterocycles.